The van der Waals surface area contributed by atoms with E-state index < -0.39 is 12.3 Å². The van der Waals surface area contributed by atoms with Gasteiger partial charge >= 0.3 is 0 Å². The van der Waals surface area contributed by atoms with Crippen LogP contribution in [-0.2, 0) is 6.54 Å². The monoisotopic (exact) mass is 268 g/mol. The number of halogens is 2. The Morgan fingerprint density at radius 2 is 2.32 bits per heavy atom. The summed E-state index contributed by atoms with van der Waals surface area (Å²) in [5, 5.41) is 8.97. The number of benzene rings is 1. The highest BCUT2D eigenvalue weighted by molar-refractivity contribution is 5.72. The van der Waals surface area contributed by atoms with Crippen LogP contribution in [0.1, 0.15) is 12.3 Å². The van der Waals surface area contributed by atoms with Crippen LogP contribution in [-0.4, -0.2) is 40.4 Å². The van der Waals surface area contributed by atoms with E-state index in [2.05, 4.69) is 4.98 Å². The topological polar surface area (TPSA) is 49.5 Å². The second-order valence-electron chi connectivity index (χ2n) is 4.99. The van der Waals surface area contributed by atoms with Crippen LogP contribution in [0.5, 0.6) is 0 Å². The molecular formula is C13H14F2N2O2. The van der Waals surface area contributed by atoms with Crippen LogP contribution in [0.4, 0.5) is 8.78 Å². The van der Waals surface area contributed by atoms with Crippen LogP contribution in [0.3, 0.4) is 0 Å². The number of nitrogens with zero attached hydrogens (tertiary/aromatic N) is 2. The fourth-order valence-electron chi connectivity index (χ4n) is 2.39. The maximum atomic E-state index is 13.9. The third-order valence-electron chi connectivity index (χ3n) is 3.42. The summed E-state index contributed by atoms with van der Waals surface area (Å²) in [6.07, 6.45) is 0.304. The summed E-state index contributed by atoms with van der Waals surface area (Å²) in [5.41, 5.74) is -0.551. The molecule has 0 radical (unpaired) electrons. The number of aliphatic hydroxyl groups excluding tert-OH is 1. The smallest absolute Gasteiger partial charge is 0.209 e. The Morgan fingerprint density at radius 1 is 1.47 bits per heavy atom. The molecule has 2 heterocycles. The van der Waals surface area contributed by atoms with Crippen molar-refractivity contribution in [1.82, 2.24) is 9.88 Å². The Balaban J connectivity index is 1.75. The molecule has 3 rings (SSSR count). The summed E-state index contributed by atoms with van der Waals surface area (Å²) < 4.78 is 32.3. The van der Waals surface area contributed by atoms with Crippen molar-refractivity contribution in [2.45, 2.75) is 18.6 Å². The largest absolute Gasteiger partial charge is 0.439 e. The first-order valence-corrected chi connectivity index (χ1v) is 6.15. The maximum Gasteiger partial charge on any atom is 0.209 e. The van der Waals surface area contributed by atoms with Crippen LogP contribution in [0.25, 0.3) is 11.1 Å². The predicted molar refractivity (Wildman–Crippen MR) is 64.8 cm³/mol. The van der Waals surface area contributed by atoms with Gasteiger partial charge in [0.1, 0.15) is 17.0 Å². The lowest BCUT2D eigenvalue weighted by Crippen LogP contribution is -2.32. The average molecular weight is 268 g/mol. The number of aromatic nitrogens is 1. The van der Waals surface area contributed by atoms with E-state index in [4.69, 9.17) is 9.52 Å². The van der Waals surface area contributed by atoms with Crippen molar-refractivity contribution in [2.75, 3.05) is 19.7 Å². The summed E-state index contributed by atoms with van der Waals surface area (Å²) >= 11 is 0. The number of likely N-dealkylation sites (tertiary alicyclic amines) is 1. The molecule has 1 aliphatic rings. The van der Waals surface area contributed by atoms with Gasteiger partial charge in [0.15, 0.2) is 5.58 Å². The summed E-state index contributed by atoms with van der Waals surface area (Å²) in [6, 6.07) is 4.15. The second kappa shape index (κ2) is 4.54. The van der Waals surface area contributed by atoms with Crippen LogP contribution in [0.2, 0.25) is 0 Å². The van der Waals surface area contributed by atoms with Gasteiger partial charge in [-0.2, -0.15) is 0 Å². The average Bonchev–Trinajstić information content (AvgIpc) is 2.93. The molecular weight excluding hydrogens is 254 g/mol. The van der Waals surface area contributed by atoms with E-state index in [9.17, 15) is 8.78 Å². The molecule has 102 valence electrons. The van der Waals surface area contributed by atoms with E-state index in [1.165, 1.54) is 12.1 Å². The zero-order valence-electron chi connectivity index (χ0n) is 10.3. The predicted octanol–water partition coefficient (Wildman–Crippen LogP) is 1.87. The van der Waals surface area contributed by atoms with Gasteiger partial charge in [0.2, 0.25) is 5.89 Å². The molecule has 6 heteroatoms. The lowest BCUT2D eigenvalue weighted by atomic mass is 10.1. The number of alkyl halides is 1. The van der Waals surface area contributed by atoms with Crippen molar-refractivity contribution in [1.29, 1.82) is 0 Å². The van der Waals surface area contributed by atoms with E-state index in [0.717, 1.165) is 0 Å². The first kappa shape index (κ1) is 12.5. The van der Waals surface area contributed by atoms with E-state index in [1.54, 1.807) is 6.07 Å². The first-order chi connectivity index (χ1) is 9.08. The molecule has 1 atom stereocenters. The molecule has 0 unspecified atom stereocenters. The van der Waals surface area contributed by atoms with E-state index in [-0.39, 0.29) is 12.4 Å². The number of oxazole rings is 1. The SMILES string of the molecule is OC[C@]1(F)CCN(Cc2nc3ccc(F)cc3o2)C1. The van der Waals surface area contributed by atoms with Gasteiger partial charge < -0.3 is 9.52 Å². The summed E-state index contributed by atoms with van der Waals surface area (Å²) in [5.74, 6) is 0.0576. The number of hydrogen-bond donors (Lipinski definition) is 1. The Bertz CT molecular complexity index is 601. The third-order valence-corrected chi connectivity index (χ3v) is 3.42. The minimum Gasteiger partial charge on any atom is -0.439 e. The summed E-state index contributed by atoms with van der Waals surface area (Å²) in [4.78, 5) is 6.06. The number of fused-ring (bicyclic) bond motifs is 1. The Morgan fingerprint density at radius 3 is 3.05 bits per heavy atom. The zero-order valence-corrected chi connectivity index (χ0v) is 10.3. The molecule has 1 fully saturated rings. The summed E-state index contributed by atoms with van der Waals surface area (Å²) in [6.45, 7) is 0.602. The molecule has 0 amide bonds. The minimum absolute atomic E-state index is 0.163. The molecule has 0 spiro atoms. The Hall–Kier alpha value is -1.53. The van der Waals surface area contributed by atoms with Crippen molar-refractivity contribution in [3.05, 3.63) is 29.9 Å². The fourth-order valence-corrected chi connectivity index (χ4v) is 2.39. The van der Waals surface area contributed by atoms with Crippen molar-refractivity contribution in [3.63, 3.8) is 0 Å². The van der Waals surface area contributed by atoms with Gasteiger partial charge in [0, 0.05) is 19.2 Å². The molecule has 0 saturated carbocycles. The molecule has 4 nitrogen and oxygen atoms in total. The highest BCUT2D eigenvalue weighted by Gasteiger charge is 2.38. The first-order valence-electron chi connectivity index (χ1n) is 6.15. The molecule has 1 aliphatic heterocycles. The second-order valence-corrected chi connectivity index (χ2v) is 4.99. The molecule has 1 aromatic heterocycles. The van der Waals surface area contributed by atoms with Crippen molar-refractivity contribution >= 4 is 11.1 Å². The Kier molecular flexibility index (Phi) is 2.99. The number of hydrogen-bond acceptors (Lipinski definition) is 4. The zero-order chi connectivity index (χ0) is 13.5. The van der Waals surface area contributed by atoms with Crippen LogP contribution < -0.4 is 0 Å². The maximum absolute atomic E-state index is 13.9. The normalized spacial score (nSPS) is 24.4. The molecule has 1 aromatic carbocycles. The lowest BCUT2D eigenvalue weighted by Gasteiger charge is -2.17. The van der Waals surface area contributed by atoms with E-state index >= 15 is 0 Å². The van der Waals surface area contributed by atoms with Crippen LogP contribution >= 0.6 is 0 Å². The van der Waals surface area contributed by atoms with Crippen LogP contribution in [0.15, 0.2) is 22.6 Å². The van der Waals surface area contributed by atoms with Crippen molar-refractivity contribution < 1.29 is 18.3 Å². The fraction of sp³-hybridized carbons (Fsp3) is 0.462. The Labute approximate surface area is 108 Å². The van der Waals surface area contributed by atoms with Crippen molar-refractivity contribution in [3.8, 4) is 0 Å². The standard InChI is InChI=1S/C13H14F2N2O2/c14-9-1-2-10-11(5-9)19-12(16-10)6-17-4-3-13(15,7-17)8-18/h1-2,5,18H,3-4,6-8H2/t13-/m0/s1. The van der Waals surface area contributed by atoms with Crippen molar-refractivity contribution in [2.24, 2.45) is 0 Å². The van der Waals surface area contributed by atoms with Crippen LogP contribution in [0, 0.1) is 5.82 Å². The highest BCUT2D eigenvalue weighted by atomic mass is 19.1. The minimum atomic E-state index is -1.53. The van der Waals surface area contributed by atoms with Gasteiger partial charge in [-0.25, -0.2) is 13.8 Å². The van der Waals surface area contributed by atoms with Gasteiger partial charge in [-0.05, 0) is 18.6 Å². The quantitative estimate of drug-likeness (QED) is 0.923. The summed E-state index contributed by atoms with van der Waals surface area (Å²) in [7, 11) is 0. The highest BCUT2D eigenvalue weighted by Crippen LogP contribution is 2.27. The van der Waals surface area contributed by atoms with Gasteiger partial charge in [-0.3, -0.25) is 4.90 Å². The van der Waals surface area contributed by atoms with E-state index in [0.29, 0.717) is 36.5 Å². The third kappa shape index (κ3) is 2.46. The number of rotatable bonds is 3. The lowest BCUT2D eigenvalue weighted by molar-refractivity contribution is 0.0759. The molecule has 1 N–H and O–H groups in total. The molecule has 2 aromatic rings. The molecule has 19 heavy (non-hydrogen) atoms. The van der Waals surface area contributed by atoms with Gasteiger partial charge in [0.05, 0.1) is 13.2 Å². The number of aliphatic hydroxyl groups is 1. The molecule has 0 bridgehead atoms. The molecule has 1 saturated heterocycles. The van der Waals surface area contributed by atoms with Gasteiger partial charge in [-0.15, -0.1) is 0 Å². The van der Waals surface area contributed by atoms with Gasteiger partial charge in [0.25, 0.3) is 0 Å². The molecule has 0 aliphatic carbocycles. The van der Waals surface area contributed by atoms with Gasteiger partial charge in [-0.1, -0.05) is 0 Å². The van der Waals surface area contributed by atoms with E-state index in [1.807, 2.05) is 4.90 Å².